The monoisotopic (exact) mass is 568 g/mol. The Hall–Kier alpha value is -3.80. The molecule has 1 aromatic carbocycles. The second-order valence-electron chi connectivity index (χ2n) is 10.5. The van der Waals surface area contributed by atoms with Crippen LogP contribution in [-0.2, 0) is 25.6 Å². The number of aromatic nitrogens is 1. The van der Waals surface area contributed by atoms with E-state index in [-0.39, 0.29) is 35.8 Å². The summed E-state index contributed by atoms with van der Waals surface area (Å²) in [6.45, 7) is 4.22. The summed E-state index contributed by atoms with van der Waals surface area (Å²) >= 11 is 1.25. The van der Waals surface area contributed by atoms with Gasteiger partial charge < -0.3 is 26.6 Å². The van der Waals surface area contributed by atoms with Gasteiger partial charge in [0.05, 0.1) is 6.04 Å². The van der Waals surface area contributed by atoms with Crippen molar-refractivity contribution in [2.75, 3.05) is 6.54 Å². The van der Waals surface area contributed by atoms with Gasteiger partial charge in [0.1, 0.15) is 28.8 Å². The fourth-order valence-electron chi connectivity index (χ4n) is 4.75. The fraction of sp³-hybridized carbons (Fsp3) is 0.500. The number of hydrogen-bond donors (Lipinski definition) is 5. The first-order valence-electron chi connectivity index (χ1n) is 13.7. The molecule has 5 amide bonds. The third-order valence-electron chi connectivity index (χ3n) is 7.05. The highest BCUT2D eigenvalue weighted by atomic mass is 32.1. The summed E-state index contributed by atoms with van der Waals surface area (Å²) in [4.78, 5) is 68.6. The molecule has 214 valence electrons. The molecule has 12 heteroatoms. The van der Waals surface area contributed by atoms with Crippen LogP contribution in [0.5, 0.6) is 0 Å². The van der Waals surface area contributed by atoms with Crippen molar-refractivity contribution in [1.29, 1.82) is 0 Å². The van der Waals surface area contributed by atoms with E-state index in [1.165, 1.54) is 11.3 Å². The van der Waals surface area contributed by atoms with E-state index in [0.29, 0.717) is 43.7 Å². The van der Waals surface area contributed by atoms with E-state index < -0.39 is 36.0 Å². The van der Waals surface area contributed by atoms with Gasteiger partial charge in [-0.15, -0.1) is 11.3 Å². The van der Waals surface area contributed by atoms with E-state index in [2.05, 4.69) is 31.6 Å². The molecule has 2 aromatic rings. The molecule has 5 N–H and O–H groups in total. The smallest absolute Gasteiger partial charge is 0.271 e. The Morgan fingerprint density at radius 3 is 2.50 bits per heavy atom. The van der Waals surface area contributed by atoms with Crippen LogP contribution in [0.15, 0.2) is 35.7 Å². The molecule has 0 unspecified atom stereocenters. The Labute approximate surface area is 237 Å². The second kappa shape index (κ2) is 13.5. The summed E-state index contributed by atoms with van der Waals surface area (Å²) in [7, 11) is 0. The Morgan fingerprint density at radius 2 is 1.80 bits per heavy atom. The van der Waals surface area contributed by atoms with E-state index in [4.69, 9.17) is 0 Å². The topological polar surface area (TPSA) is 158 Å². The first-order chi connectivity index (χ1) is 19.2. The van der Waals surface area contributed by atoms with E-state index in [0.717, 1.165) is 5.56 Å². The second-order valence-corrected chi connectivity index (χ2v) is 11.4. The number of thiazole rings is 1. The van der Waals surface area contributed by atoms with Crippen molar-refractivity contribution in [1.82, 2.24) is 31.6 Å². The number of rotatable bonds is 5. The first kappa shape index (κ1) is 29.2. The zero-order chi connectivity index (χ0) is 28.6. The lowest BCUT2D eigenvalue weighted by Crippen LogP contribution is -2.52. The summed E-state index contributed by atoms with van der Waals surface area (Å²) in [5.74, 6) is -1.77. The minimum absolute atomic E-state index is 0.0491. The van der Waals surface area contributed by atoms with Crippen LogP contribution in [0.2, 0.25) is 0 Å². The SMILES string of the molecule is CC(C)[C@H]1NC(=O)[C@@H](NC(=O)[C@H]2CCC(=O)N2)CCCCNC(=O)[C@@H](Cc2ccccc2)NC(=O)c2csc1n2. The molecule has 2 bridgehead atoms. The molecular weight excluding hydrogens is 532 g/mol. The van der Waals surface area contributed by atoms with Crippen molar-refractivity contribution in [3.05, 3.63) is 52.0 Å². The van der Waals surface area contributed by atoms with Crippen LogP contribution in [0.4, 0.5) is 0 Å². The number of hydrogen-bond acceptors (Lipinski definition) is 7. The number of fused-ring (bicyclic) bond motifs is 2. The van der Waals surface area contributed by atoms with Crippen molar-refractivity contribution in [2.45, 2.75) is 76.5 Å². The molecule has 11 nitrogen and oxygen atoms in total. The molecular formula is C28H36N6O5S. The quantitative estimate of drug-likeness (QED) is 0.366. The Kier molecular flexibility index (Phi) is 9.86. The average molecular weight is 569 g/mol. The zero-order valence-corrected chi connectivity index (χ0v) is 23.5. The molecule has 0 saturated carbocycles. The summed E-state index contributed by atoms with van der Waals surface area (Å²) in [5.41, 5.74) is 1.08. The lowest BCUT2D eigenvalue weighted by Gasteiger charge is -2.25. The maximum absolute atomic E-state index is 13.4. The first-order valence-corrected chi connectivity index (χ1v) is 14.6. The number of nitrogens with one attached hydrogen (secondary N) is 5. The van der Waals surface area contributed by atoms with E-state index in [1.54, 1.807) is 5.38 Å². The molecule has 0 aliphatic carbocycles. The molecule has 0 spiro atoms. The molecule has 2 aliphatic rings. The van der Waals surface area contributed by atoms with Crippen LogP contribution < -0.4 is 26.6 Å². The van der Waals surface area contributed by atoms with Crippen molar-refractivity contribution in [2.24, 2.45) is 5.92 Å². The Morgan fingerprint density at radius 1 is 1.02 bits per heavy atom. The Bertz CT molecular complexity index is 1230. The number of nitrogens with zero attached hydrogens (tertiary/aromatic N) is 1. The molecule has 1 fully saturated rings. The van der Waals surface area contributed by atoms with Gasteiger partial charge in [-0.25, -0.2) is 4.98 Å². The maximum atomic E-state index is 13.4. The lowest BCUT2D eigenvalue weighted by molar-refractivity contribution is -0.131. The molecule has 0 radical (unpaired) electrons. The van der Waals surface area contributed by atoms with Crippen molar-refractivity contribution < 1.29 is 24.0 Å². The van der Waals surface area contributed by atoms with Crippen LogP contribution in [0.3, 0.4) is 0 Å². The number of benzene rings is 1. The van der Waals surface area contributed by atoms with E-state index >= 15 is 0 Å². The minimum atomic E-state index is -0.830. The highest BCUT2D eigenvalue weighted by Crippen LogP contribution is 2.26. The predicted octanol–water partition coefficient (Wildman–Crippen LogP) is 1.36. The zero-order valence-electron chi connectivity index (χ0n) is 22.7. The van der Waals surface area contributed by atoms with Crippen LogP contribution in [-0.4, -0.2) is 59.2 Å². The van der Waals surface area contributed by atoms with Gasteiger partial charge in [-0.1, -0.05) is 44.2 Å². The van der Waals surface area contributed by atoms with Gasteiger partial charge >= 0.3 is 0 Å². The largest absolute Gasteiger partial charge is 0.354 e. The van der Waals surface area contributed by atoms with Crippen LogP contribution in [0, 0.1) is 5.92 Å². The molecule has 3 heterocycles. The maximum Gasteiger partial charge on any atom is 0.271 e. The van der Waals surface area contributed by atoms with Gasteiger partial charge in [0.2, 0.25) is 23.6 Å². The third kappa shape index (κ3) is 7.65. The van der Waals surface area contributed by atoms with Gasteiger partial charge in [-0.2, -0.15) is 0 Å². The highest BCUT2D eigenvalue weighted by Gasteiger charge is 2.32. The lowest BCUT2D eigenvalue weighted by atomic mass is 10.0. The van der Waals surface area contributed by atoms with Gasteiger partial charge in [0.15, 0.2) is 0 Å². The predicted molar refractivity (Wildman–Crippen MR) is 149 cm³/mol. The summed E-state index contributed by atoms with van der Waals surface area (Å²) in [6, 6.07) is 6.69. The summed E-state index contributed by atoms with van der Waals surface area (Å²) in [6.07, 6.45) is 2.46. The van der Waals surface area contributed by atoms with Crippen molar-refractivity contribution in [3.63, 3.8) is 0 Å². The van der Waals surface area contributed by atoms with E-state index in [9.17, 15) is 24.0 Å². The van der Waals surface area contributed by atoms with Crippen LogP contribution in [0.25, 0.3) is 0 Å². The number of carbonyl (C=O) groups is 5. The normalized spacial score (nSPS) is 24.6. The molecule has 1 saturated heterocycles. The van der Waals surface area contributed by atoms with Gasteiger partial charge in [-0.05, 0) is 37.2 Å². The highest BCUT2D eigenvalue weighted by molar-refractivity contribution is 7.09. The minimum Gasteiger partial charge on any atom is -0.354 e. The number of amides is 5. The van der Waals surface area contributed by atoms with Gasteiger partial charge in [0, 0.05) is 24.8 Å². The molecule has 40 heavy (non-hydrogen) atoms. The van der Waals surface area contributed by atoms with Crippen molar-refractivity contribution in [3.8, 4) is 0 Å². The van der Waals surface area contributed by atoms with Crippen molar-refractivity contribution >= 4 is 40.9 Å². The van der Waals surface area contributed by atoms with Gasteiger partial charge in [0.25, 0.3) is 5.91 Å². The van der Waals surface area contributed by atoms with Crippen LogP contribution >= 0.6 is 11.3 Å². The summed E-state index contributed by atoms with van der Waals surface area (Å²) in [5, 5.41) is 16.4. The van der Waals surface area contributed by atoms with E-state index in [1.807, 2.05) is 44.2 Å². The third-order valence-corrected chi connectivity index (χ3v) is 7.98. The molecule has 2 aliphatic heterocycles. The van der Waals surface area contributed by atoms with Gasteiger partial charge in [-0.3, -0.25) is 24.0 Å². The summed E-state index contributed by atoms with van der Waals surface area (Å²) < 4.78 is 0. The van der Waals surface area contributed by atoms with Crippen LogP contribution in [0.1, 0.15) is 73.1 Å². The molecule has 4 atom stereocenters. The molecule has 4 rings (SSSR count). The standard InChI is InChI=1S/C28H36N6O5S/c1-16(2)23-28-33-21(15-40-28)27(39)32-20(14-17-8-4-3-5-9-17)24(36)29-13-7-6-10-18(26(38)34-23)31-25(37)19-11-12-22(35)30-19/h3-5,8-9,15-16,18-20,23H,6-7,10-14H2,1-2H3,(H,29,36)(H,30,35)(H,31,37)(H,32,39)(H,34,38)/t18-,19+,20+,23+/m0/s1. The Balaban J connectivity index is 1.55. The number of carbonyl (C=O) groups excluding carboxylic acids is 5. The fourth-order valence-corrected chi connectivity index (χ4v) is 5.77. The average Bonchev–Trinajstić information content (AvgIpc) is 3.59. The molecule has 1 aromatic heterocycles.